The van der Waals surface area contributed by atoms with E-state index in [1.165, 1.54) is 48.7 Å². The number of hydrogen-bond acceptors (Lipinski definition) is 3. The smallest absolute Gasteiger partial charge is 0.137 e. The molecule has 0 amide bonds. The highest BCUT2D eigenvalue weighted by Gasteiger charge is 2.39. The molecule has 0 unspecified atom stereocenters. The van der Waals surface area contributed by atoms with E-state index >= 15 is 0 Å². The minimum absolute atomic E-state index is 0.235. The van der Waals surface area contributed by atoms with Crippen LogP contribution in [-0.4, -0.2) is 40.3 Å². The average Bonchev–Trinajstić information content (AvgIpc) is 3.21. The van der Waals surface area contributed by atoms with Crippen molar-refractivity contribution in [1.82, 2.24) is 4.90 Å². The molecule has 0 N–H and O–H groups in total. The maximum absolute atomic E-state index is 5.96. The predicted molar refractivity (Wildman–Crippen MR) is 117 cm³/mol. The lowest BCUT2D eigenvalue weighted by molar-refractivity contribution is 0.0444. The van der Waals surface area contributed by atoms with Crippen LogP contribution in [0.1, 0.15) is 51.3 Å². The number of ether oxygens (including phenoxy) is 1. The van der Waals surface area contributed by atoms with Crippen LogP contribution in [0.15, 0.2) is 17.5 Å². The van der Waals surface area contributed by atoms with Gasteiger partial charge in [0.05, 0.1) is 12.1 Å². The van der Waals surface area contributed by atoms with Crippen molar-refractivity contribution >= 4 is 19.4 Å². The second kappa shape index (κ2) is 10.1. The average molecular weight is 392 g/mol. The standard InChI is InChI=1S/C22H37NOSSi/c1-6-26(7-2,8-3)18-10-16-24-19-20-12-14-22(15-13-20,23(4)5)21-11-9-17-25-21/h9,11,17,20H,6-8,12-16,19H2,1-5H3. The normalized spacial score (nSPS) is 23.7. The minimum atomic E-state index is -1.31. The predicted octanol–water partition coefficient (Wildman–Crippen LogP) is 5.76. The Morgan fingerprint density at radius 1 is 1.19 bits per heavy atom. The van der Waals surface area contributed by atoms with Crippen LogP contribution < -0.4 is 0 Å². The van der Waals surface area contributed by atoms with Crippen molar-refractivity contribution in [2.24, 2.45) is 5.92 Å². The highest BCUT2D eigenvalue weighted by molar-refractivity contribution is 7.10. The maximum Gasteiger partial charge on any atom is 0.137 e. The minimum Gasteiger partial charge on any atom is -0.369 e. The summed E-state index contributed by atoms with van der Waals surface area (Å²) in [6.07, 6.45) is 4.97. The van der Waals surface area contributed by atoms with Crippen LogP contribution in [0.4, 0.5) is 0 Å². The molecule has 0 atom stereocenters. The van der Waals surface area contributed by atoms with Gasteiger partial charge in [0.25, 0.3) is 0 Å². The van der Waals surface area contributed by atoms with Crippen LogP contribution >= 0.6 is 11.3 Å². The molecule has 4 heteroatoms. The zero-order chi connectivity index (χ0) is 19.0. The molecule has 1 aliphatic carbocycles. The Morgan fingerprint density at radius 3 is 2.35 bits per heavy atom. The SMILES string of the molecule is CC[Si](C#CCOCC1CCC(c2cccs2)(N(C)C)CC1)(CC)CC. The van der Waals surface area contributed by atoms with Crippen LogP contribution in [-0.2, 0) is 10.3 Å². The van der Waals surface area contributed by atoms with E-state index in [1.54, 1.807) is 0 Å². The fourth-order valence-electron chi connectivity index (χ4n) is 4.29. The fraction of sp³-hybridized carbons (Fsp3) is 0.727. The lowest BCUT2D eigenvalue weighted by Gasteiger charge is -2.44. The number of rotatable bonds is 8. The van der Waals surface area contributed by atoms with Gasteiger partial charge in [-0.2, -0.15) is 0 Å². The first-order valence-electron chi connectivity index (χ1n) is 10.3. The molecular weight excluding hydrogens is 354 g/mol. The molecule has 2 rings (SSSR count). The van der Waals surface area contributed by atoms with Gasteiger partial charge in [-0.15, -0.1) is 16.9 Å². The molecule has 1 saturated carbocycles. The number of thiophene rings is 1. The molecule has 26 heavy (non-hydrogen) atoms. The zero-order valence-corrected chi connectivity index (χ0v) is 19.3. The largest absolute Gasteiger partial charge is 0.369 e. The second-order valence-corrected chi connectivity index (χ2v) is 13.9. The summed E-state index contributed by atoms with van der Waals surface area (Å²) in [4.78, 5) is 3.96. The lowest BCUT2D eigenvalue weighted by Crippen LogP contribution is -2.44. The van der Waals surface area contributed by atoms with Gasteiger partial charge in [-0.05, 0) is 75.3 Å². The third-order valence-corrected chi connectivity index (χ3v) is 12.5. The van der Waals surface area contributed by atoms with Crippen LogP contribution in [0.25, 0.3) is 0 Å². The Hall–Kier alpha value is -0.603. The van der Waals surface area contributed by atoms with Crippen molar-refractivity contribution < 1.29 is 4.74 Å². The van der Waals surface area contributed by atoms with Crippen LogP contribution in [0.5, 0.6) is 0 Å². The Kier molecular flexibility index (Phi) is 8.41. The summed E-state index contributed by atoms with van der Waals surface area (Å²) in [6, 6.07) is 8.30. The molecule has 1 aromatic heterocycles. The summed E-state index contributed by atoms with van der Waals surface area (Å²) < 4.78 is 5.96. The van der Waals surface area contributed by atoms with E-state index in [9.17, 15) is 0 Å². The van der Waals surface area contributed by atoms with Gasteiger partial charge < -0.3 is 4.74 Å². The topological polar surface area (TPSA) is 12.5 Å². The molecule has 1 fully saturated rings. The fourth-order valence-corrected chi connectivity index (χ4v) is 7.84. The van der Waals surface area contributed by atoms with Crippen molar-refractivity contribution in [1.29, 1.82) is 0 Å². The molecular formula is C22H37NOSSi. The van der Waals surface area contributed by atoms with Gasteiger partial charge in [0.2, 0.25) is 0 Å². The third-order valence-electron chi connectivity index (χ3n) is 6.68. The Balaban J connectivity index is 1.81. The van der Waals surface area contributed by atoms with Crippen molar-refractivity contribution in [2.45, 2.75) is 70.1 Å². The van der Waals surface area contributed by atoms with E-state index in [1.807, 2.05) is 11.3 Å². The molecule has 0 aliphatic heterocycles. The van der Waals surface area contributed by atoms with Crippen molar-refractivity contribution in [3.05, 3.63) is 22.4 Å². The molecule has 1 aromatic rings. The number of nitrogens with zero attached hydrogens (tertiary/aromatic N) is 1. The quantitative estimate of drug-likeness (QED) is 0.317. The second-order valence-electron chi connectivity index (χ2n) is 8.00. The summed E-state index contributed by atoms with van der Waals surface area (Å²) in [6.45, 7) is 8.42. The van der Waals surface area contributed by atoms with E-state index in [4.69, 9.17) is 4.74 Å². The lowest BCUT2D eigenvalue weighted by atomic mass is 9.75. The van der Waals surface area contributed by atoms with Gasteiger partial charge in [-0.25, -0.2) is 0 Å². The monoisotopic (exact) mass is 391 g/mol. The molecule has 1 aliphatic rings. The van der Waals surface area contributed by atoms with Crippen LogP contribution in [0.3, 0.4) is 0 Å². The highest BCUT2D eigenvalue weighted by Crippen LogP contribution is 2.44. The van der Waals surface area contributed by atoms with Crippen molar-refractivity contribution in [2.75, 3.05) is 27.3 Å². The van der Waals surface area contributed by atoms with Gasteiger partial charge >= 0.3 is 0 Å². The molecule has 1 heterocycles. The van der Waals surface area contributed by atoms with E-state index in [-0.39, 0.29) is 5.54 Å². The van der Waals surface area contributed by atoms with Gasteiger partial charge in [-0.1, -0.05) is 32.8 Å². The Labute approximate surface area is 166 Å². The van der Waals surface area contributed by atoms with Crippen LogP contribution in [0.2, 0.25) is 18.1 Å². The highest BCUT2D eigenvalue weighted by atomic mass is 32.1. The first-order chi connectivity index (χ1) is 12.5. The van der Waals surface area contributed by atoms with Gasteiger partial charge in [-0.3, -0.25) is 4.90 Å². The Bertz CT molecular complexity index is 567. The van der Waals surface area contributed by atoms with E-state index in [0.29, 0.717) is 12.5 Å². The van der Waals surface area contributed by atoms with Crippen molar-refractivity contribution in [3.63, 3.8) is 0 Å². The van der Waals surface area contributed by atoms with Gasteiger partial charge in [0, 0.05) is 4.88 Å². The molecule has 0 radical (unpaired) electrons. The summed E-state index contributed by atoms with van der Waals surface area (Å²) in [5.74, 6) is 4.05. The molecule has 0 spiro atoms. The molecule has 0 saturated heterocycles. The van der Waals surface area contributed by atoms with Crippen LogP contribution in [0, 0.1) is 17.4 Å². The molecule has 0 aromatic carbocycles. The van der Waals surface area contributed by atoms with Gasteiger partial charge in [0.15, 0.2) is 0 Å². The summed E-state index contributed by atoms with van der Waals surface area (Å²) in [5, 5.41) is 2.21. The zero-order valence-electron chi connectivity index (χ0n) is 17.4. The first-order valence-corrected chi connectivity index (χ1v) is 13.8. The van der Waals surface area contributed by atoms with E-state index < -0.39 is 8.07 Å². The van der Waals surface area contributed by atoms with Gasteiger partial charge in [0.1, 0.15) is 14.7 Å². The first kappa shape index (κ1) is 21.7. The Morgan fingerprint density at radius 2 is 1.85 bits per heavy atom. The molecule has 146 valence electrons. The maximum atomic E-state index is 5.96. The summed E-state index contributed by atoms with van der Waals surface area (Å²) in [5.41, 5.74) is 3.86. The molecule has 0 bridgehead atoms. The summed E-state index contributed by atoms with van der Waals surface area (Å²) in [7, 11) is 3.15. The van der Waals surface area contributed by atoms with Crippen molar-refractivity contribution in [3.8, 4) is 11.5 Å². The van der Waals surface area contributed by atoms with E-state index in [2.05, 4.69) is 68.7 Å². The third kappa shape index (κ3) is 5.01. The number of hydrogen-bond donors (Lipinski definition) is 0. The molecule has 2 nitrogen and oxygen atoms in total. The summed E-state index contributed by atoms with van der Waals surface area (Å²) >= 11 is 1.90. The van der Waals surface area contributed by atoms with E-state index in [0.717, 1.165) is 6.61 Å².